The number of hydrogen-bond acceptors (Lipinski definition) is 2. The minimum absolute atomic E-state index is 0.804. The van der Waals surface area contributed by atoms with Gasteiger partial charge in [-0.2, -0.15) is 0 Å². The van der Waals surface area contributed by atoms with E-state index in [0.717, 1.165) is 17.2 Å². The minimum Gasteiger partial charge on any atom is -0.341 e. The molecule has 0 bridgehead atoms. The molecule has 1 aliphatic rings. The monoisotopic (exact) mass is 331 g/mol. The van der Waals surface area contributed by atoms with Crippen LogP contribution in [0.5, 0.6) is 0 Å². The summed E-state index contributed by atoms with van der Waals surface area (Å²) in [6, 6.07) is 0. The van der Waals surface area contributed by atoms with Gasteiger partial charge in [0, 0.05) is 18.1 Å². The summed E-state index contributed by atoms with van der Waals surface area (Å²) in [6.45, 7) is 9.83. The van der Waals surface area contributed by atoms with Crippen LogP contribution in [0.1, 0.15) is 90.6 Å². The van der Waals surface area contributed by atoms with Crippen molar-refractivity contribution in [1.82, 2.24) is 9.97 Å². The van der Waals surface area contributed by atoms with Crippen molar-refractivity contribution in [2.75, 3.05) is 0 Å². The number of hydrogen-bond donors (Lipinski definition) is 1. The van der Waals surface area contributed by atoms with Crippen LogP contribution in [0.15, 0.2) is 29.4 Å². The SMILES string of the molecule is C1CCCCCCC1.CC.CC=N/C(=C\C=C/C)c1ncc(C)[nH]1. The first kappa shape index (κ1) is 22.4. The van der Waals surface area contributed by atoms with Gasteiger partial charge in [-0.1, -0.05) is 77.4 Å². The Balaban J connectivity index is 0.000000447. The predicted molar refractivity (Wildman–Crippen MR) is 109 cm³/mol. The van der Waals surface area contributed by atoms with Crippen LogP contribution in [0.25, 0.3) is 5.70 Å². The lowest BCUT2D eigenvalue weighted by molar-refractivity contribution is 0.504. The molecular weight excluding hydrogens is 294 g/mol. The molecule has 1 fully saturated rings. The van der Waals surface area contributed by atoms with Crippen molar-refractivity contribution >= 4 is 11.9 Å². The third-order valence-electron chi connectivity index (χ3n) is 3.66. The Bertz CT molecular complexity index is 457. The number of allylic oxidation sites excluding steroid dienone is 3. The minimum atomic E-state index is 0.804. The first-order valence-electron chi connectivity index (χ1n) is 9.61. The van der Waals surface area contributed by atoms with Gasteiger partial charge in [0.05, 0.1) is 0 Å². The Morgan fingerprint density at radius 2 is 1.50 bits per heavy atom. The molecule has 1 N–H and O–H groups in total. The molecule has 136 valence electrons. The van der Waals surface area contributed by atoms with Crippen molar-refractivity contribution in [3.8, 4) is 0 Å². The second-order valence-electron chi connectivity index (χ2n) is 5.71. The van der Waals surface area contributed by atoms with Gasteiger partial charge in [-0.05, 0) is 26.8 Å². The molecule has 0 atom stereocenters. The van der Waals surface area contributed by atoms with Crippen LogP contribution in [0.3, 0.4) is 0 Å². The van der Waals surface area contributed by atoms with Crippen LogP contribution in [0.4, 0.5) is 0 Å². The Kier molecular flexibility index (Phi) is 15.1. The highest BCUT2D eigenvalue weighted by atomic mass is 15.0. The topological polar surface area (TPSA) is 41.0 Å². The van der Waals surface area contributed by atoms with Crippen molar-refractivity contribution in [3.63, 3.8) is 0 Å². The molecule has 0 amide bonds. The summed E-state index contributed by atoms with van der Waals surface area (Å²) in [4.78, 5) is 11.6. The van der Waals surface area contributed by atoms with Crippen molar-refractivity contribution in [2.24, 2.45) is 4.99 Å². The number of aromatic amines is 1. The Morgan fingerprint density at radius 3 is 1.83 bits per heavy atom. The standard InChI is InChI=1S/C11H15N3.C8H16.C2H6/c1-4-6-7-10(12-5-2)11-13-8-9(3)14-11;1-2-4-6-8-7-5-3-1;1-2/h4-8H,1-3H3,(H,13,14);1-8H2;1-2H3/b6-4-,10-7-,12-5?;;. The van der Waals surface area contributed by atoms with Crippen molar-refractivity contribution in [2.45, 2.75) is 86.0 Å². The zero-order chi connectivity index (χ0) is 18.0. The Labute approximate surface area is 149 Å². The molecule has 0 saturated heterocycles. The second-order valence-corrected chi connectivity index (χ2v) is 5.71. The van der Waals surface area contributed by atoms with Crippen molar-refractivity contribution in [1.29, 1.82) is 0 Å². The lowest BCUT2D eigenvalue weighted by atomic mass is 10.0. The number of rotatable bonds is 3. The maximum Gasteiger partial charge on any atom is 0.156 e. The molecule has 1 heterocycles. The zero-order valence-corrected chi connectivity index (χ0v) is 16.4. The summed E-state index contributed by atoms with van der Waals surface area (Å²) in [7, 11) is 0. The normalized spacial score (nSPS) is 16.0. The van der Waals surface area contributed by atoms with Gasteiger partial charge in [-0.15, -0.1) is 0 Å². The number of nitrogens with one attached hydrogen (secondary N) is 1. The van der Waals surface area contributed by atoms with Gasteiger partial charge < -0.3 is 4.98 Å². The van der Waals surface area contributed by atoms with E-state index >= 15 is 0 Å². The van der Waals surface area contributed by atoms with Gasteiger partial charge in [-0.25, -0.2) is 4.98 Å². The molecule has 0 radical (unpaired) electrons. The molecule has 0 unspecified atom stereocenters. The highest BCUT2D eigenvalue weighted by molar-refractivity contribution is 5.70. The number of aromatic nitrogens is 2. The van der Waals surface area contributed by atoms with E-state index in [0.29, 0.717) is 0 Å². The van der Waals surface area contributed by atoms with E-state index in [9.17, 15) is 0 Å². The van der Waals surface area contributed by atoms with Crippen LogP contribution in [0, 0.1) is 6.92 Å². The molecule has 0 aromatic carbocycles. The van der Waals surface area contributed by atoms with Gasteiger partial charge in [0.2, 0.25) is 0 Å². The Morgan fingerprint density at radius 1 is 1.00 bits per heavy atom. The van der Waals surface area contributed by atoms with Gasteiger partial charge in [0.25, 0.3) is 0 Å². The van der Waals surface area contributed by atoms with Crippen molar-refractivity contribution in [3.05, 3.63) is 35.9 Å². The molecule has 3 nitrogen and oxygen atoms in total. The van der Waals surface area contributed by atoms with Gasteiger partial charge in [-0.3, -0.25) is 4.99 Å². The first-order valence-corrected chi connectivity index (χ1v) is 9.61. The average Bonchev–Trinajstić information content (AvgIpc) is 3.00. The predicted octanol–water partition coefficient (Wildman–Crippen LogP) is 6.87. The fraction of sp³-hybridized carbons (Fsp3) is 0.619. The summed E-state index contributed by atoms with van der Waals surface area (Å²) in [5.41, 5.74) is 1.89. The molecule has 0 spiro atoms. The number of H-pyrrole nitrogens is 1. The molecule has 1 aromatic rings. The van der Waals surface area contributed by atoms with Crippen molar-refractivity contribution < 1.29 is 0 Å². The third kappa shape index (κ3) is 11.0. The summed E-state index contributed by atoms with van der Waals surface area (Å²) in [5, 5.41) is 0. The molecular formula is C21H37N3. The van der Waals surface area contributed by atoms with Crippen LogP contribution >= 0.6 is 0 Å². The summed E-state index contributed by atoms with van der Waals surface area (Å²) < 4.78 is 0. The van der Waals surface area contributed by atoms with Crippen LogP contribution in [-0.2, 0) is 0 Å². The van der Waals surface area contributed by atoms with E-state index in [1.54, 1.807) is 12.4 Å². The zero-order valence-electron chi connectivity index (χ0n) is 16.4. The molecule has 3 heteroatoms. The molecule has 1 aromatic heterocycles. The molecule has 2 rings (SSSR count). The van der Waals surface area contributed by atoms with Crippen LogP contribution in [0.2, 0.25) is 0 Å². The molecule has 0 aliphatic heterocycles. The number of aryl methyl sites for hydroxylation is 1. The molecule has 24 heavy (non-hydrogen) atoms. The quantitative estimate of drug-likeness (QED) is 0.476. The number of imidazole rings is 1. The third-order valence-corrected chi connectivity index (χ3v) is 3.66. The molecule has 1 aliphatic carbocycles. The summed E-state index contributed by atoms with van der Waals surface area (Å²) in [6.07, 6.45) is 21.4. The second kappa shape index (κ2) is 16.2. The smallest absolute Gasteiger partial charge is 0.156 e. The van der Waals surface area contributed by atoms with Crippen LogP contribution in [-0.4, -0.2) is 16.2 Å². The lowest BCUT2D eigenvalue weighted by Crippen LogP contribution is -1.85. The van der Waals surface area contributed by atoms with E-state index < -0.39 is 0 Å². The highest BCUT2D eigenvalue weighted by Gasteiger charge is 2.01. The van der Waals surface area contributed by atoms with Gasteiger partial charge in [0.15, 0.2) is 5.82 Å². The summed E-state index contributed by atoms with van der Waals surface area (Å²) >= 11 is 0. The highest BCUT2D eigenvalue weighted by Crippen LogP contribution is 2.15. The van der Waals surface area contributed by atoms with Gasteiger partial charge in [0.1, 0.15) is 5.70 Å². The van der Waals surface area contributed by atoms with E-state index in [2.05, 4.69) is 15.0 Å². The number of aliphatic imine (C=N–C) groups is 1. The first-order chi connectivity index (χ1) is 11.8. The average molecular weight is 332 g/mol. The fourth-order valence-electron chi connectivity index (χ4n) is 2.47. The number of nitrogens with zero attached hydrogens (tertiary/aromatic N) is 2. The van der Waals surface area contributed by atoms with E-state index in [-0.39, 0.29) is 0 Å². The van der Waals surface area contributed by atoms with E-state index in [1.165, 1.54) is 51.4 Å². The largest absolute Gasteiger partial charge is 0.341 e. The van der Waals surface area contributed by atoms with Gasteiger partial charge >= 0.3 is 0 Å². The molecule has 1 saturated carbocycles. The fourth-order valence-corrected chi connectivity index (χ4v) is 2.47. The maximum absolute atomic E-state index is 4.24. The van der Waals surface area contributed by atoms with E-state index in [4.69, 9.17) is 0 Å². The van der Waals surface area contributed by atoms with E-state index in [1.807, 2.05) is 52.8 Å². The Hall–Kier alpha value is -1.64. The van der Waals surface area contributed by atoms with Crippen LogP contribution < -0.4 is 0 Å². The maximum atomic E-state index is 4.24. The summed E-state index contributed by atoms with van der Waals surface area (Å²) in [5.74, 6) is 0.804. The lowest BCUT2D eigenvalue weighted by Gasteiger charge is -2.05.